The van der Waals surface area contributed by atoms with Gasteiger partial charge in [0.05, 0.1) is 17.5 Å². The number of carbonyl (C=O) groups excluding carboxylic acids is 1. The molecule has 1 atom stereocenters. The summed E-state index contributed by atoms with van der Waals surface area (Å²) >= 11 is 0. The van der Waals surface area contributed by atoms with E-state index in [1.165, 1.54) is 18.2 Å². The quantitative estimate of drug-likeness (QED) is 0.455. The molecule has 1 amide bonds. The maximum Gasteiger partial charge on any atom is 0.267 e. The third kappa shape index (κ3) is 4.63. The number of rotatable bonds is 7. The smallest absolute Gasteiger partial charge is 0.267 e. The average Bonchev–Trinajstić information content (AvgIpc) is 3.21. The average molecular weight is 506 g/mol. The van der Waals surface area contributed by atoms with Crippen molar-refractivity contribution in [2.24, 2.45) is 0 Å². The predicted octanol–water partition coefficient (Wildman–Crippen LogP) is 4.03. The van der Waals surface area contributed by atoms with Crippen molar-refractivity contribution in [3.05, 3.63) is 103 Å². The number of carbonyl (C=O) groups is 1. The molecule has 0 aromatic heterocycles. The molecule has 5 nitrogen and oxygen atoms in total. The second-order valence-corrected chi connectivity index (χ2v) is 16.0. The highest BCUT2D eigenvalue weighted by Gasteiger charge is 2.51. The van der Waals surface area contributed by atoms with E-state index in [1.54, 1.807) is 18.2 Å². The molecule has 0 spiro atoms. The largest absolute Gasteiger partial charge is 0.405 e. The van der Waals surface area contributed by atoms with Crippen LogP contribution >= 0.6 is 0 Å². The molecule has 0 bridgehead atoms. The van der Waals surface area contributed by atoms with Crippen LogP contribution in [0.25, 0.3) is 0 Å². The van der Waals surface area contributed by atoms with Crippen LogP contribution in [0.2, 0.25) is 5.04 Å². The summed E-state index contributed by atoms with van der Waals surface area (Å²) in [4.78, 5) is 12.8. The van der Waals surface area contributed by atoms with Gasteiger partial charge < -0.3 is 4.43 Å². The van der Waals surface area contributed by atoms with Gasteiger partial charge in [0.15, 0.2) is 0 Å². The van der Waals surface area contributed by atoms with Crippen molar-refractivity contribution < 1.29 is 17.6 Å². The topological polar surface area (TPSA) is 63.7 Å². The fraction of sp³-hybridized carbons (Fsp3) is 0.250. The highest BCUT2D eigenvalue weighted by molar-refractivity contribution is 7.89. The van der Waals surface area contributed by atoms with Crippen LogP contribution in [-0.4, -0.2) is 39.6 Å². The third-order valence-electron chi connectivity index (χ3n) is 6.44. The second-order valence-electron chi connectivity index (χ2n) is 9.85. The molecule has 0 fully saturated rings. The van der Waals surface area contributed by atoms with Gasteiger partial charge in [-0.2, -0.15) is 0 Å². The summed E-state index contributed by atoms with van der Waals surface area (Å²) in [7, 11) is -6.91. The van der Waals surface area contributed by atoms with Gasteiger partial charge in [-0.05, 0) is 34.5 Å². The number of hydrogen-bond donors (Lipinski definition) is 0. The Morgan fingerprint density at radius 3 is 1.86 bits per heavy atom. The van der Waals surface area contributed by atoms with Crippen molar-refractivity contribution in [2.45, 2.75) is 43.7 Å². The summed E-state index contributed by atoms with van der Waals surface area (Å²) in [6.45, 7) is 8.45. The van der Waals surface area contributed by atoms with Crippen LogP contribution in [0.4, 0.5) is 0 Å². The second kappa shape index (κ2) is 9.57. The predicted molar refractivity (Wildman–Crippen MR) is 142 cm³/mol. The minimum Gasteiger partial charge on any atom is -0.405 e. The number of aryl methyl sites for hydroxylation is 1. The number of hydrogen-bond acceptors (Lipinski definition) is 4. The van der Waals surface area contributed by atoms with E-state index in [0.717, 1.165) is 20.2 Å². The number of benzene rings is 3. The van der Waals surface area contributed by atoms with Gasteiger partial charge in [-0.15, -0.1) is 0 Å². The van der Waals surface area contributed by atoms with E-state index in [0.29, 0.717) is 0 Å². The molecule has 0 saturated carbocycles. The van der Waals surface area contributed by atoms with Gasteiger partial charge in [0.1, 0.15) is 0 Å². The minimum atomic E-state index is -4.03. The SMILES string of the molecule is Cc1ccc(S(=O)(=O)N2C(=O)C=C[C@H]2CO[Si](c2ccccc2)(c2ccccc2)C(C)(C)C)cc1. The van der Waals surface area contributed by atoms with E-state index in [1.807, 2.05) is 43.3 Å². The fourth-order valence-corrected chi connectivity index (χ4v) is 10.8. The molecular formula is C28H31NO4SSi. The molecular weight excluding hydrogens is 474 g/mol. The lowest BCUT2D eigenvalue weighted by atomic mass is 10.2. The van der Waals surface area contributed by atoms with Gasteiger partial charge in [-0.3, -0.25) is 4.79 Å². The molecule has 0 N–H and O–H groups in total. The summed E-state index contributed by atoms with van der Waals surface area (Å²) in [5, 5.41) is 1.93. The van der Waals surface area contributed by atoms with Crippen LogP contribution in [0.3, 0.4) is 0 Å². The molecule has 0 saturated heterocycles. The molecule has 0 aliphatic carbocycles. The van der Waals surface area contributed by atoms with Crippen LogP contribution in [-0.2, 0) is 19.2 Å². The van der Waals surface area contributed by atoms with Crippen LogP contribution in [0.5, 0.6) is 0 Å². The molecule has 0 radical (unpaired) electrons. The van der Waals surface area contributed by atoms with E-state index in [9.17, 15) is 13.2 Å². The van der Waals surface area contributed by atoms with Crippen molar-refractivity contribution in [3.8, 4) is 0 Å². The van der Waals surface area contributed by atoms with Gasteiger partial charge >= 0.3 is 0 Å². The molecule has 3 aromatic carbocycles. The molecule has 3 aromatic rings. The fourth-order valence-electron chi connectivity index (χ4n) is 4.72. The molecule has 1 heterocycles. The number of sulfonamides is 1. The van der Waals surface area contributed by atoms with E-state index in [2.05, 4.69) is 45.0 Å². The first-order valence-corrected chi connectivity index (χ1v) is 15.0. The Morgan fingerprint density at radius 2 is 1.37 bits per heavy atom. The van der Waals surface area contributed by atoms with Crippen LogP contribution < -0.4 is 10.4 Å². The molecule has 4 rings (SSSR count). The normalized spacial score (nSPS) is 16.6. The van der Waals surface area contributed by atoms with Crippen molar-refractivity contribution in [2.75, 3.05) is 6.61 Å². The Labute approximate surface area is 209 Å². The summed E-state index contributed by atoms with van der Waals surface area (Å²) < 4.78 is 34.8. The summed E-state index contributed by atoms with van der Waals surface area (Å²) in [6.07, 6.45) is 2.96. The zero-order chi connectivity index (χ0) is 25.3. The Balaban J connectivity index is 1.74. The van der Waals surface area contributed by atoms with Gasteiger partial charge in [-0.25, -0.2) is 12.7 Å². The lowest BCUT2D eigenvalue weighted by molar-refractivity contribution is -0.121. The van der Waals surface area contributed by atoms with Gasteiger partial charge in [0.2, 0.25) is 0 Å². The van der Waals surface area contributed by atoms with Gasteiger partial charge in [-0.1, -0.05) is 105 Å². The monoisotopic (exact) mass is 505 g/mol. The highest BCUT2D eigenvalue weighted by atomic mass is 32.2. The number of nitrogens with zero attached hydrogens (tertiary/aromatic N) is 1. The molecule has 7 heteroatoms. The van der Waals surface area contributed by atoms with Gasteiger partial charge in [0, 0.05) is 6.08 Å². The van der Waals surface area contributed by atoms with Crippen LogP contribution in [0.15, 0.2) is 102 Å². The summed E-state index contributed by atoms with van der Waals surface area (Å²) in [5.41, 5.74) is 0.946. The zero-order valence-corrected chi connectivity index (χ0v) is 22.3. The van der Waals surface area contributed by atoms with E-state index in [-0.39, 0.29) is 16.5 Å². The van der Waals surface area contributed by atoms with Gasteiger partial charge in [0.25, 0.3) is 24.2 Å². The zero-order valence-electron chi connectivity index (χ0n) is 20.5. The standard InChI is InChI=1S/C28H31NO4SSi/c1-22-15-18-24(19-16-22)34(31,32)29-23(17-20-27(29)30)21-33-35(28(2,3)4,25-11-7-5-8-12-25)26-13-9-6-10-14-26/h5-20,23H,21H2,1-4H3/t23-/m0/s1. The molecule has 1 aliphatic rings. The Hall–Kier alpha value is -3.00. The Bertz CT molecular complexity index is 1280. The number of amides is 1. The van der Waals surface area contributed by atoms with E-state index < -0.39 is 30.3 Å². The highest BCUT2D eigenvalue weighted by Crippen LogP contribution is 2.37. The first-order valence-electron chi connectivity index (χ1n) is 11.7. The third-order valence-corrected chi connectivity index (χ3v) is 13.3. The van der Waals surface area contributed by atoms with Crippen molar-refractivity contribution >= 4 is 34.6 Å². The van der Waals surface area contributed by atoms with E-state index in [4.69, 9.17) is 4.43 Å². The van der Waals surface area contributed by atoms with Crippen molar-refractivity contribution in [1.29, 1.82) is 0 Å². The Morgan fingerprint density at radius 1 is 0.857 bits per heavy atom. The van der Waals surface area contributed by atoms with Crippen molar-refractivity contribution in [3.63, 3.8) is 0 Å². The maximum absolute atomic E-state index is 13.4. The first kappa shape index (κ1) is 25.1. The summed E-state index contributed by atoms with van der Waals surface area (Å²) in [6, 6.07) is 26.1. The minimum absolute atomic E-state index is 0.0701. The molecule has 35 heavy (non-hydrogen) atoms. The van der Waals surface area contributed by atoms with Crippen molar-refractivity contribution in [1.82, 2.24) is 4.31 Å². The van der Waals surface area contributed by atoms with E-state index >= 15 is 0 Å². The molecule has 0 unspecified atom stereocenters. The maximum atomic E-state index is 13.4. The Kier molecular flexibility index (Phi) is 6.86. The lowest BCUT2D eigenvalue weighted by Crippen LogP contribution is -2.67. The first-order chi connectivity index (χ1) is 16.6. The molecule has 182 valence electrons. The van der Waals surface area contributed by atoms with Crippen LogP contribution in [0, 0.1) is 6.92 Å². The lowest BCUT2D eigenvalue weighted by Gasteiger charge is -2.43. The summed E-state index contributed by atoms with van der Waals surface area (Å²) in [5.74, 6) is -0.554. The van der Waals surface area contributed by atoms with Crippen LogP contribution in [0.1, 0.15) is 26.3 Å². The molecule has 1 aliphatic heterocycles.